The quantitative estimate of drug-likeness (QED) is 0.376. The highest BCUT2D eigenvalue weighted by molar-refractivity contribution is 6.42. The van der Waals surface area contributed by atoms with Gasteiger partial charge >= 0.3 is 0 Å². The molecule has 0 saturated carbocycles. The van der Waals surface area contributed by atoms with Gasteiger partial charge in [0.25, 0.3) is 5.69 Å². The summed E-state index contributed by atoms with van der Waals surface area (Å²) in [5.74, 6) is 0. The van der Waals surface area contributed by atoms with Gasteiger partial charge in [0, 0.05) is 47.2 Å². The van der Waals surface area contributed by atoms with Crippen molar-refractivity contribution in [2.75, 3.05) is 0 Å². The molecule has 2 N–H and O–H groups in total. The number of nitrogens with zero attached hydrogens (tertiary/aromatic N) is 1. The molecule has 0 saturated heterocycles. The smallest absolute Gasteiger partial charge is 0.271 e. The Kier molecular flexibility index (Phi) is 3.48. The summed E-state index contributed by atoms with van der Waals surface area (Å²) < 4.78 is 0. The lowest BCUT2D eigenvalue weighted by molar-refractivity contribution is -0.384. The van der Waals surface area contributed by atoms with Crippen molar-refractivity contribution in [3.05, 3.63) is 74.0 Å². The van der Waals surface area contributed by atoms with Crippen LogP contribution in [-0.4, -0.2) is 14.9 Å². The van der Waals surface area contributed by atoms with Crippen LogP contribution in [0.5, 0.6) is 0 Å². The van der Waals surface area contributed by atoms with Gasteiger partial charge in [-0.15, -0.1) is 0 Å². The second-order valence-electron chi connectivity index (χ2n) is 5.60. The Morgan fingerprint density at radius 1 is 0.917 bits per heavy atom. The van der Waals surface area contributed by atoms with Crippen molar-refractivity contribution in [3.63, 3.8) is 0 Å². The van der Waals surface area contributed by atoms with E-state index in [9.17, 15) is 10.1 Å². The fourth-order valence-corrected chi connectivity index (χ4v) is 3.29. The van der Waals surface area contributed by atoms with Crippen LogP contribution >= 0.6 is 23.2 Å². The molecule has 4 rings (SSSR count). The lowest BCUT2D eigenvalue weighted by atomic mass is 10.0. The zero-order valence-corrected chi connectivity index (χ0v) is 13.8. The second-order valence-corrected chi connectivity index (χ2v) is 6.42. The number of nitro benzene ring substituents is 1. The molecule has 5 nitrogen and oxygen atoms in total. The highest BCUT2D eigenvalue weighted by Gasteiger charge is 2.13. The maximum atomic E-state index is 10.9. The molecule has 0 radical (unpaired) electrons. The largest absolute Gasteiger partial charge is 0.361 e. The molecule has 2 aromatic heterocycles. The number of hydrogen-bond donors (Lipinski definition) is 2. The third-order valence-corrected chi connectivity index (χ3v) is 4.87. The van der Waals surface area contributed by atoms with Crippen LogP contribution in [0.4, 0.5) is 5.69 Å². The van der Waals surface area contributed by atoms with Crippen molar-refractivity contribution in [1.82, 2.24) is 9.97 Å². The molecule has 0 spiro atoms. The number of rotatable bonds is 3. The Balaban J connectivity index is 1.77. The van der Waals surface area contributed by atoms with Crippen LogP contribution in [0, 0.1) is 10.1 Å². The van der Waals surface area contributed by atoms with Gasteiger partial charge in [0.05, 0.1) is 20.5 Å². The summed E-state index contributed by atoms with van der Waals surface area (Å²) in [6, 6.07) is 8.50. The van der Waals surface area contributed by atoms with E-state index in [1.165, 1.54) is 6.07 Å². The van der Waals surface area contributed by atoms with Crippen molar-refractivity contribution >= 4 is 50.7 Å². The zero-order chi connectivity index (χ0) is 16.8. The number of hydrogen-bond acceptors (Lipinski definition) is 2. The molecule has 0 bridgehead atoms. The number of nitro groups is 1. The molecule has 0 aliphatic heterocycles. The maximum Gasteiger partial charge on any atom is 0.271 e. The maximum absolute atomic E-state index is 10.9. The number of aromatic amines is 2. The van der Waals surface area contributed by atoms with Crippen molar-refractivity contribution < 1.29 is 4.92 Å². The number of halogens is 2. The molecule has 2 heterocycles. The van der Waals surface area contributed by atoms with Crippen LogP contribution in [0.3, 0.4) is 0 Å². The number of benzene rings is 2. The Labute approximate surface area is 146 Å². The fourth-order valence-electron chi connectivity index (χ4n) is 2.96. The molecule has 0 aliphatic rings. The van der Waals surface area contributed by atoms with E-state index in [4.69, 9.17) is 23.2 Å². The summed E-state index contributed by atoms with van der Waals surface area (Å²) in [7, 11) is 0. The van der Waals surface area contributed by atoms with E-state index >= 15 is 0 Å². The molecule has 0 amide bonds. The van der Waals surface area contributed by atoms with Crippen LogP contribution in [0.15, 0.2) is 42.7 Å². The molecule has 7 heteroatoms. The third-order valence-electron chi connectivity index (χ3n) is 4.15. The van der Waals surface area contributed by atoms with Gasteiger partial charge in [0.2, 0.25) is 0 Å². The fraction of sp³-hybridized carbons (Fsp3) is 0.0588. The van der Waals surface area contributed by atoms with Crippen molar-refractivity contribution in [3.8, 4) is 0 Å². The van der Waals surface area contributed by atoms with Crippen molar-refractivity contribution in [2.45, 2.75) is 6.42 Å². The van der Waals surface area contributed by atoms with Gasteiger partial charge in [-0.3, -0.25) is 10.1 Å². The SMILES string of the molecule is O=[N+]([O-])c1ccc2c(Cc3c[nH]c4cc(Cl)c(Cl)cc34)c[nH]c2c1. The monoisotopic (exact) mass is 359 g/mol. The summed E-state index contributed by atoms with van der Waals surface area (Å²) in [4.78, 5) is 16.8. The van der Waals surface area contributed by atoms with Gasteiger partial charge in [0.15, 0.2) is 0 Å². The average Bonchev–Trinajstić information content (AvgIpc) is 3.13. The van der Waals surface area contributed by atoms with Crippen LogP contribution in [-0.2, 0) is 6.42 Å². The highest BCUT2D eigenvalue weighted by atomic mass is 35.5. The van der Waals surface area contributed by atoms with E-state index in [1.807, 2.05) is 18.5 Å². The third kappa shape index (κ3) is 2.42. The summed E-state index contributed by atoms with van der Waals surface area (Å²) in [6.45, 7) is 0. The summed E-state index contributed by atoms with van der Waals surface area (Å²) in [6.07, 6.45) is 4.49. The van der Waals surface area contributed by atoms with E-state index in [-0.39, 0.29) is 5.69 Å². The Bertz CT molecular complexity index is 1100. The molecule has 0 unspecified atom stereocenters. The van der Waals surface area contributed by atoms with E-state index in [1.54, 1.807) is 18.2 Å². The molecule has 2 aromatic carbocycles. The van der Waals surface area contributed by atoms with Gasteiger partial charge < -0.3 is 9.97 Å². The van der Waals surface area contributed by atoms with Gasteiger partial charge in [-0.05, 0) is 29.3 Å². The minimum absolute atomic E-state index is 0.0735. The number of fused-ring (bicyclic) bond motifs is 2. The molecular formula is C17H11Cl2N3O2. The first-order valence-corrected chi connectivity index (χ1v) is 7.98. The second kappa shape index (κ2) is 5.54. The zero-order valence-electron chi connectivity index (χ0n) is 12.3. The molecule has 0 aliphatic carbocycles. The minimum Gasteiger partial charge on any atom is -0.361 e. The number of nitrogens with one attached hydrogen (secondary N) is 2. The highest BCUT2D eigenvalue weighted by Crippen LogP contribution is 2.32. The standard InChI is InChI=1S/C17H11Cl2N3O2/c18-14-5-13-10(8-21-17(13)6-15(14)19)3-9-7-20-16-4-11(22(23)24)1-2-12(9)16/h1-2,4-8,20-21H,3H2. The first kappa shape index (κ1) is 15.1. The first-order valence-electron chi connectivity index (χ1n) is 7.22. The number of H-pyrrole nitrogens is 2. The van der Waals surface area contributed by atoms with Crippen molar-refractivity contribution in [2.24, 2.45) is 0 Å². The van der Waals surface area contributed by atoms with E-state index in [0.29, 0.717) is 16.5 Å². The number of aromatic nitrogens is 2. The van der Waals surface area contributed by atoms with Crippen molar-refractivity contribution in [1.29, 1.82) is 0 Å². The van der Waals surface area contributed by atoms with Crippen LogP contribution < -0.4 is 0 Å². The molecular weight excluding hydrogens is 349 g/mol. The first-order chi connectivity index (χ1) is 11.5. The van der Waals surface area contributed by atoms with Crippen LogP contribution in [0.1, 0.15) is 11.1 Å². The van der Waals surface area contributed by atoms with E-state index in [0.717, 1.165) is 32.9 Å². The minimum atomic E-state index is -0.397. The average molecular weight is 360 g/mol. The van der Waals surface area contributed by atoms with E-state index < -0.39 is 4.92 Å². The molecule has 0 atom stereocenters. The van der Waals surface area contributed by atoms with Gasteiger partial charge in [-0.1, -0.05) is 23.2 Å². The van der Waals surface area contributed by atoms with Gasteiger partial charge in [-0.25, -0.2) is 0 Å². The predicted octanol–water partition coefficient (Wildman–Crippen LogP) is 5.46. The topological polar surface area (TPSA) is 74.7 Å². The molecule has 24 heavy (non-hydrogen) atoms. The van der Waals surface area contributed by atoms with Crippen LogP contribution in [0.25, 0.3) is 21.8 Å². The summed E-state index contributed by atoms with van der Waals surface area (Å²) >= 11 is 12.2. The Hall–Kier alpha value is -2.50. The van der Waals surface area contributed by atoms with E-state index in [2.05, 4.69) is 9.97 Å². The summed E-state index contributed by atoms with van der Waals surface area (Å²) in [5, 5.41) is 13.9. The van der Waals surface area contributed by atoms with Gasteiger partial charge in [0.1, 0.15) is 0 Å². The normalized spacial score (nSPS) is 11.4. The van der Waals surface area contributed by atoms with Gasteiger partial charge in [-0.2, -0.15) is 0 Å². The lowest BCUT2D eigenvalue weighted by Crippen LogP contribution is -1.88. The lowest BCUT2D eigenvalue weighted by Gasteiger charge is -2.01. The molecule has 120 valence electrons. The predicted molar refractivity (Wildman–Crippen MR) is 96.1 cm³/mol. The summed E-state index contributed by atoms with van der Waals surface area (Å²) in [5.41, 5.74) is 3.90. The molecule has 4 aromatic rings. The molecule has 0 fully saturated rings. The van der Waals surface area contributed by atoms with Crippen LogP contribution in [0.2, 0.25) is 10.0 Å². The Morgan fingerprint density at radius 2 is 1.54 bits per heavy atom. The number of non-ortho nitro benzene ring substituents is 1. The Morgan fingerprint density at radius 3 is 2.25 bits per heavy atom.